The number of ether oxygens (including phenoxy) is 1. The van der Waals surface area contributed by atoms with Crippen LogP contribution in [-0.4, -0.2) is 32.7 Å². The van der Waals surface area contributed by atoms with Crippen molar-refractivity contribution in [3.05, 3.63) is 71.4 Å². The molecule has 2 N–H and O–H groups in total. The Morgan fingerprint density at radius 3 is 2.88 bits per heavy atom. The van der Waals surface area contributed by atoms with E-state index in [9.17, 15) is 9.90 Å². The summed E-state index contributed by atoms with van der Waals surface area (Å²) in [6.07, 6.45) is 4.84. The number of aryl methyl sites for hydroxylation is 1. The number of nitrogens with one attached hydrogen (secondary N) is 1. The van der Waals surface area contributed by atoms with Gasteiger partial charge in [-0.25, -0.2) is 4.98 Å². The van der Waals surface area contributed by atoms with E-state index in [-0.39, 0.29) is 12.5 Å². The number of carbonyl (C=O) groups excluding carboxylic acids is 1. The van der Waals surface area contributed by atoms with Crippen LogP contribution in [0.3, 0.4) is 0 Å². The zero-order valence-electron chi connectivity index (χ0n) is 14.6. The average Bonchev–Trinajstić information content (AvgIpc) is 3.07. The number of nitrogens with zero attached hydrogens (tertiary/aromatic N) is 3. The van der Waals surface area contributed by atoms with Crippen molar-refractivity contribution < 1.29 is 14.6 Å². The summed E-state index contributed by atoms with van der Waals surface area (Å²) in [6, 6.07) is 9.76. The van der Waals surface area contributed by atoms with Crippen molar-refractivity contribution in [2.45, 2.75) is 20.1 Å². The van der Waals surface area contributed by atoms with Gasteiger partial charge in [-0.2, -0.15) is 0 Å². The Bertz CT molecular complexity index is 921. The number of amides is 1. The van der Waals surface area contributed by atoms with Crippen molar-refractivity contribution in [3.8, 4) is 5.75 Å². The lowest BCUT2D eigenvalue weighted by molar-refractivity contribution is 0.102. The molecular formula is C19H20N4O3. The fraction of sp³-hybridized carbons (Fsp3) is 0.211. The van der Waals surface area contributed by atoms with E-state index in [4.69, 9.17) is 4.74 Å². The van der Waals surface area contributed by atoms with Crippen molar-refractivity contribution in [2.75, 3.05) is 12.4 Å². The van der Waals surface area contributed by atoms with Gasteiger partial charge in [-0.15, -0.1) is 0 Å². The first kappa shape index (κ1) is 17.6. The number of anilines is 1. The maximum Gasteiger partial charge on any atom is 0.258 e. The van der Waals surface area contributed by atoms with Gasteiger partial charge < -0.3 is 19.7 Å². The maximum absolute atomic E-state index is 12.4. The predicted octanol–water partition coefficient (Wildman–Crippen LogP) is 2.39. The highest BCUT2D eigenvalue weighted by Crippen LogP contribution is 2.18. The summed E-state index contributed by atoms with van der Waals surface area (Å²) in [4.78, 5) is 20.6. The first-order valence-corrected chi connectivity index (χ1v) is 8.11. The van der Waals surface area contributed by atoms with Crippen molar-refractivity contribution in [2.24, 2.45) is 0 Å². The molecule has 1 amide bonds. The van der Waals surface area contributed by atoms with Gasteiger partial charge in [-0.1, -0.05) is 29.8 Å². The van der Waals surface area contributed by atoms with E-state index in [0.29, 0.717) is 29.4 Å². The third-order valence-electron chi connectivity index (χ3n) is 3.88. The monoisotopic (exact) mass is 352 g/mol. The van der Waals surface area contributed by atoms with Crippen LogP contribution in [-0.2, 0) is 13.2 Å². The van der Waals surface area contributed by atoms with Crippen molar-refractivity contribution >= 4 is 11.7 Å². The molecule has 2 aromatic heterocycles. The smallest absolute Gasteiger partial charge is 0.258 e. The molecule has 0 fully saturated rings. The Kier molecular flexibility index (Phi) is 5.28. The van der Waals surface area contributed by atoms with E-state index in [1.165, 1.54) is 24.9 Å². The highest BCUT2D eigenvalue weighted by Gasteiger charge is 2.12. The molecule has 2 heterocycles. The predicted molar refractivity (Wildman–Crippen MR) is 97.2 cm³/mol. The lowest BCUT2D eigenvalue weighted by atomic mass is 10.1. The standard InChI is InChI=1S/C19H20N4O3/c1-13-4-3-5-14(6-13)9-23-10-18(21-12-23)22-19(25)15-7-17(26-2)16(11-24)20-8-15/h3-8,10,12,24H,9,11H2,1-2H3,(H,22,25). The number of carbonyl (C=O) groups is 1. The zero-order chi connectivity index (χ0) is 18.5. The molecule has 1 aromatic carbocycles. The largest absolute Gasteiger partial charge is 0.495 e. The van der Waals surface area contributed by atoms with Gasteiger partial charge in [-0.05, 0) is 18.6 Å². The van der Waals surface area contributed by atoms with Crippen LogP contribution in [0.4, 0.5) is 5.82 Å². The first-order valence-electron chi connectivity index (χ1n) is 8.11. The molecule has 0 atom stereocenters. The number of rotatable bonds is 6. The minimum Gasteiger partial charge on any atom is -0.495 e. The second kappa shape index (κ2) is 7.79. The van der Waals surface area contributed by atoms with Gasteiger partial charge in [0.2, 0.25) is 0 Å². The summed E-state index contributed by atoms with van der Waals surface area (Å²) in [5.74, 6) is 0.471. The number of pyridine rings is 1. The molecule has 7 nitrogen and oxygen atoms in total. The molecule has 0 unspecified atom stereocenters. The molecule has 0 aliphatic carbocycles. The van der Waals surface area contributed by atoms with Gasteiger partial charge in [0.15, 0.2) is 5.82 Å². The molecule has 3 rings (SSSR count). The Balaban J connectivity index is 1.69. The van der Waals surface area contributed by atoms with E-state index < -0.39 is 0 Å². The molecule has 0 aliphatic rings. The number of benzene rings is 1. The van der Waals surface area contributed by atoms with Gasteiger partial charge >= 0.3 is 0 Å². The molecule has 0 saturated heterocycles. The lowest BCUT2D eigenvalue weighted by Gasteiger charge is -2.07. The summed E-state index contributed by atoms with van der Waals surface area (Å²) in [5, 5.41) is 11.9. The zero-order valence-corrected chi connectivity index (χ0v) is 14.6. The molecule has 7 heteroatoms. The van der Waals surface area contributed by atoms with Gasteiger partial charge in [-0.3, -0.25) is 9.78 Å². The van der Waals surface area contributed by atoms with Crippen LogP contribution in [0.2, 0.25) is 0 Å². The van der Waals surface area contributed by atoms with Crippen molar-refractivity contribution in [1.82, 2.24) is 14.5 Å². The Labute approximate surface area is 151 Å². The first-order chi connectivity index (χ1) is 12.6. The number of aliphatic hydroxyl groups excluding tert-OH is 1. The molecular weight excluding hydrogens is 332 g/mol. The van der Waals surface area contributed by atoms with Crippen LogP contribution in [0.25, 0.3) is 0 Å². The molecule has 0 aliphatic heterocycles. The number of aromatic nitrogens is 3. The minimum atomic E-state index is -0.346. The summed E-state index contributed by atoms with van der Waals surface area (Å²) in [7, 11) is 1.46. The number of aliphatic hydroxyl groups is 1. The fourth-order valence-electron chi connectivity index (χ4n) is 2.61. The van der Waals surface area contributed by atoms with Gasteiger partial charge in [0.25, 0.3) is 5.91 Å². The second-order valence-electron chi connectivity index (χ2n) is 5.91. The second-order valence-corrected chi connectivity index (χ2v) is 5.91. The molecule has 0 spiro atoms. The van der Waals surface area contributed by atoms with Crippen LogP contribution in [0.5, 0.6) is 5.75 Å². The lowest BCUT2D eigenvalue weighted by Crippen LogP contribution is -2.13. The molecule has 134 valence electrons. The fourth-order valence-corrected chi connectivity index (χ4v) is 2.61. The SMILES string of the molecule is COc1cc(C(=O)Nc2cn(Cc3cccc(C)c3)cn2)cnc1CO. The topological polar surface area (TPSA) is 89.3 Å². The molecule has 0 radical (unpaired) electrons. The van der Waals surface area contributed by atoms with Crippen LogP contribution in [0, 0.1) is 6.92 Å². The van der Waals surface area contributed by atoms with Gasteiger partial charge in [0.05, 0.1) is 25.6 Å². The van der Waals surface area contributed by atoms with Crippen LogP contribution in [0.1, 0.15) is 27.2 Å². The highest BCUT2D eigenvalue weighted by atomic mass is 16.5. The molecule has 0 bridgehead atoms. The molecule has 26 heavy (non-hydrogen) atoms. The van der Waals surface area contributed by atoms with E-state index in [1.807, 2.05) is 29.7 Å². The van der Waals surface area contributed by atoms with Gasteiger partial charge in [0, 0.05) is 18.9 Å². The number of hydrogen-bond donors (Lipinski definition) is 2. The van der Waals surface area contributed by atoms with E-state index in [0.717, 1.165) is 5.56 Å². The summed E-state index contributed by atoms with van der Waals surface area (Å²) in [5.41, 5.74) is 3.07. The molecule has 0 saturated carbocycles. The minimum absolute atomic E-state index is 0.256. The molecule has 3 aromatic rings. The van der Waals surface area contributed by atoms with E-state index in [2.05, 4.69) is 21.4 Å². The van der Waals surface area contributed by atoms with Crippen molar-refractivity contribution in [1.29, 1.82) is 0 Å². The Hall–Kier alpha value is -3.19. The Morgan fingerprint density at radius 2 is 2.15 bits per heavy atom. The van der Waals surface area contributed by atoms with Crippen molar-refractivity contribution in [3.63, 3.8) is 0 Å². The van der Waals surface area contributed by atoms with Crippen LogP contribution in [0.15, 0.2) is 49.1 Å². The third kappa shape index (κ3) is 4.07. The quantitative estimate of drug-likeness (QED) is 0.711. The van der Waals surface area contributed by atoms with E-state index >= 15 is 0 Å². The Morgan fingerprint density at radius 1 is 1.31 bits per heavy atom. The average molecular weight is 352 g/mol. The van der Waals surface area contributed by atoms with Gasteiger partial charge in [0.1, 0.15) is 11.4 Å². The third-order valence-corrected chi connectivity index (χ3v) is 3.88. The van der Waals surface area contributed by atoms with Crippen LogP contribution >= 0.6 is 0 Å². The van der Waals surface area contributed by atoms with Crippen LogP contribution < -0.4 is 10.1 Å². The summed E-state index contributed by atoms with van der Waals surface area (Å²) >= 11 is 0. The van der Waals surface area contributed by atoms with E-state index in [1.54, 1.807) is 12.5 Å². The highest BCUT2D eigenvalue weighted by molar-refractivity contribution is 6.03. The number of methoxy groups -OCH3 is 1. The number of hydrogen-bond acceptors (Lipinski definition) is 5. The normalized spacial score (nSPS) is 10.6. The summed E-state index contributed by atoms with van der Waals surface area (Å²) in [6.45, 7) is 2.47. The maximum atomic E-state index is 12.4. The number of imidazole rings is 1. The summed E-state index contributed by atoms with van der Waals surface area (Å²) < 4.78 is 7.04.